The van der Waals surface area contributed by atoms with Crippen molar-refractivity contribution in [2.24, 2.45) is 5.41 Å². The van der Waals surface area contributed by atoms with E-state index in [9.17, 15) is 27.1 Å². The van der Waals surface area contributed by atoms with E-state index >= 15 is 4.39 Å². The van der Waals surface area contributed by atoms with E-state index in [0.717, 1.165) is 23.1 Å². The van der Waals surface area contributed by atoms with Gasteiger partial charge in [-0.15, -0.1) is 0 Å². The summed E-state index contributed by atoms with van der Waals surface area (Å²) in [7, 11) is -4.13. The number of amides is 1. The van der Waals surface area contributed by atoms with Gasteiger partial charge in [-0.05, 0) is 47.7 Å². The van der Waals surface area contributed by atoms with Crippen molar-refractivity contribution in [1.82, 2.24) is 0 Å². The SMILES string of the molecule is C=CCOc1ccc(C2C3=C(CC(C)(C)CS3(=O)=O)Nc3c(O)cccc3N2C(=O)Cc2ccc(F)cc2F)c(F)c1. The molecule has 0 spiro atoms. The Bertz CT molecular complexity index is 1740. The Balaban J connectivity index is 1.78. The molecule has 0 saturated carbocycles. The van der Waals surface area contributed by atoms with Gasteiger partial charge >= 0.3 is 0 Å². The van der Waals surface area contributed by atoms with Gasteiger partial charge in [-0.1, -0.05) is 38.6 Å². The summed E-state index contributed by atoms with van der Waals surface area (Å²) in [5.74, 6) is -3.85. The highest BCUT2D eigenvalue weighted by Gasteiger charge is 2.47. The molecule has 0 aliphatic carbocycles. The van der Waals surface area contributed by atoms with Crippen LogP contribution in [0.1, 0.15) is 37.4 Å². The van der Waals surface area contributed by atoms with Gasteiger partial charge in [-0.2, -0.15) is 0 Å². The number of nitrogens with one attached hydrogen (secondary N) is 1. The lowest BCUT2D eigenvalue weighted by molar-refractivity contribution is -0.118. The number of phenolic OH excluding ortho intramolecular Hbond substituents is 1. The number of carbonyl (C=O) groups is 1. The number of fused-ring (bicyclic) bond motifs is 1. The lowest BCUT2D eigenvalue weighted by Gasteiger charge is -2.37. The number of halogens is 3. The van der Waals surface area contributed by atoms with E-state index in [0.29, 0.717) is 6.07 Å². The average molecular weight is 599 g/mol. The molecule has 42 heavy (non-hydrogen) atoms. The topological polar surface area (TPSA) is 95.9 Å². The molecule has 0 radical (unpaired) electrons. The van der Waals surface area contributed by atoms with E-state index in [-0.39, 0.29) is 63.4 Å². The van der Waals surface area contributed by atoms with E-state index in [2.05, 4.69) is 11.9 Å². The molecule has 7 nitrogen and oxygen atoms in total. The van der Waals surface area contributed by atoms with Crippen LogP contribution in [-0.2, 0) is 21.1 Å². The zero-order valence-corrected chi connectivity index (χ0v) is 23.8. The Morgan fingerprint density at radius 1 is 1.14 bits per heavy atom. The van der Waals surface area contributed by atoms with Crippen molar-refractivity contribution < 1.29 is 36.2 Å². The van der Waals surface area contributed by atoms with Crippen molar-refractivity contribution in [2.45, 2.75) is 32.7 Å². The van der Waals surface area contributed by atoms with Gasteiger partial charge in [0.15, 0.2) is 9.84 Å². The summed E-state index contributed by atoms with van der Waals surface area (Å²) in [5, 5.41) is 13.9. The molecule has 0 saturated heterocycles. The third kappa shape index (κ3) is 5.48. The highest BCUT2D eigenvalue weighted by Crippen LogP contribution is 2.51. The summed E-state index contributed by atoms with van der Waals surface area (Å²) in [4.78, 5) is 15.0. The van der Waals surface area contributed by atoms with Crippen molar-refractivity contribution in [2.75, 3.05) is 22.6 Å². The summed E-state index contributed by atoms with van der Waals surface area (Å²) in [5.41, 5.74) is -0.719. The number of ether oxygens (including phenoxy) is 1. The number of hydrogen-bond acceptors (Lipinski definition) is 6. The monoisotopic (exact) mass is 598 g/mol. The van der Waals surface area contributed by atoms with E-state index in [1.165, 1.54) is 36.4 Å². The van der Waals surface area contributed by atoms with Crippen LogP contribution >= 0.6 is 0 Å². The molecule has 2 aliphatic rings. The standard InChI is InChI=1S/C31H29F3N2O5S/c1-4-12-41-20-10-11-21(23(34)15-20)29-30-24(16-31(2,3)17-42(30,39)40)35-28-25(6-5-7-26(28)37)36(29)27(38)13-18-8-9-19(32)14-22(18)33/h4-11,14-15,29,35,37H,1,12-13,16-17H2,2-3H3. The van der Waals surface area contributed by atoms with Crippen LogP contribution in [-0.4, -0.2) is 31.8 Å². The molecule has 0 bridgehead atoms. The van der Waals surface area contributed by atoms with Crippen LogP contribution in [0.4, 0.5) is 24.5 Å². The lowest BCUT2D eigenvalue weighted by Crippen LogP contribution is -2.42. The second-order valence-corrected chi connectivity index (χ2v) is 13.1. The fourth-order valence-electron chi connectivity index (χ4n) is 5.55. The lowest BCUT2D eigenvalue weighted by atomic mass is 9.88. The normalized spacial score (nSPS) is 18.8. The Kier molecular flexibility index (Phi) is 7.57. The van der Waals surface area contributed by atoms with Crippen LogP contribution in [0.2, 0.25) is 0 Å². The molecule has 11 heteroatoms. The van der Waals surface area contributed by atoms with Gasteiger partial charge in [0.25, 0.3) is 0 Å². The zero-order valence-electron chi connectivity index (χ0n) is 23.0. The predicted octanol–water partition coefficient (Wildman–Crippen LogP) is 6.17. The van der Waals surface area contributed by atoms with Gasteiger partial charge < -0.3 is 15.2 Å². The fourth-order valence-corrected chi connectivity index (χ4v) is 7.91. The summed E-state index contributed by atoms with van der Waals surface area (Å²) in [6, 6.07) is 9.40. The number of anilines is 2. The third-order valence-corrected chi connectivity index (χ3v) is 9.49. The second-order valence-electron chi connectivity index (χ2n) is 11.1. The molecule has 1 amide bonds. The van der Waals surface area contributed by atoms with Gasteiger partial charge in [0.2, 0.25) is 5.91 Å². The molecule has 5 rings (SSSR count). The second kappa shape index (κ2) is 10.9. The number of benzene rings is 3. The molecular formula is C31H29F3N2O5S. The van der Waals surface area contributed by atoms with Crippen LogP contribution in [0, 0.1) is 22.9 Å². The van der Waals surface area contributed by atoms with Gasteiger partial charge in [-0.25, -0.2) is 21.6 Å². The quantitative estimate of drug-likeness (QED) is 0.260. The minimum atomic E-state index is -4.13. The van der Waals surface area contributed by atoms with Crippen molar-refractivity contribution in [1.29, 1.82) is 0 Å². The first kappa shape index (κ1) is 29.2. The summed E-state index contributed by atoms with van der Waals surface area (Å²) < 4.78 is 77.6. The first-order chi connectivity index (χ1) is 19.8. The maximum absolute atomic E-state index is 16.0. The van der Waals surface area contributed by atoms with Crippen molar-refractivity contribution >= 4 is 27.1 Å². The summed E-state index contributed by atoms with van der Waals surface area (Å²) in [6.45, 7) is 7.21. The van der Waals surface area contributed by atoms with Gasteiger partial charge in [0.1, 0.15) is 47.3 Å². The van der Waals surface area contributed by atoms with Crippen LogP contribution in [0.3, 0.4) is 0 Å². The van der Waals surface area contributed by atoms with Crippen molar-refractivity contribution in [3.63, 3.8) is 0 Å². The van der Waals surface area contributed by atoms with Gasteiger partial charge in [0.05, 0.1) is 22.8 Å². The molecule has 220 valence electrons. The number of nitrogens with zero attached hydrogens (tertiary/aromatic N) is 1. The number of carbonyl (C=O) groups excluding carboxylic acids is 1. The number of hydrogen-bond donors (Lipinski definition) is 2. The van der Waals surface area contributed by atoms with Crippen LogP contribution in [0.25, 0.3) is 0 Å². The molecule has 1 atom stereocenters. The predicted molar refractivity (Wildman–Crippen MR) is 153 cm³/mol. The van der Waals surface area contributed by atoms with Gasteiger partial charge in [-0.3, -0.25) is 9.69 Å². The van der Waals surface area contributed by atoms with Crippen LogP contribution < -0.4 is 15.0 Å². The summed E-state index contributed by atoms with van der Waals surface area (Å²) >= 11 is 0. The number of phenols is 1. The maximum atomic E-state index is 16.0. The van der Waals surface area contributed by atoms with Crippen LogP contribution in [0.15, 0.2) is 77.9 Å². The Labute approximate surface area is 241 Å². The van der Waals surface area contributed by atoms with E-state index in [1.807, 2.05) is 0 Å². The van der Waals surface area contributed by atoms with Crippen molar-refractivity contribution in [3.05, 3.63) is 106 Å². The minimum Gasteiger partial charge on any atom is -0.506 e. The van der Waals surface area contributed by atoms with E-state index in [1.54, 1.807) is 13.8 Å². The molecule has 2 heterocycles. The fraction of sp³-hybridized carbons (Fsp3) is 0.258. The van der Waals surface area contributed by atoms with Crippen LogP contribution in [0.5, 0.6) is 11.5 Å². The number of rotatable bonds is 6. The van der Waals surface area contributed by atoms with Crippen molar-refractivity contribution in [3.8, 4) is 11.5 Å². The Morgan fingerprint density at radius 2 is 1.90 bits per heavy atom. The minimum absolute atomic E-state index is 0.0414. The number of aromatic hydroxyl groups is 1. The molecule has 2 aliphatic heterocycles. The first-order valence-electron chi connectivity index (χ1n) is 13.2. The molecule has 3 aromatic rings. The van der Waals surface area contributed by atoms with Gasteiger partial charge in [0, 0.05) is 23.4 Å². The molecule has 0 fully saturated rings. The maximum Gasteiger partial charge on any atom is 0.232 e. The molecule has 0 aromatic heterocycles. The number of allylic oxidation sites excluding steroid dienone is 1. The Morgan fingerprint density at radius 3 is 2.60 bits per heavy atom. The molecule has 2 N–H and O–H groups in total. The third-order valence-electron chi connectivity index (χ3n) is 7.19. The smallest absolute Gasteiger partial charge is 0.232 e. The zero-order chi connectivity index (χ0) is 30.4. The van der Waals surface area contributed by atoms with E-state index in [4.69, 9.17) is 4.74 Å². The largest absolute Gasteiger partial charge is 0.506 e. The highest BCUT2D eigenvalue weighted by molar-refractivity contribution is 7.95. The highest BCUT2D eigenvalue weighted by atomic mass is 32.2. The number of sulfone groups is 1. The average Bonchev–Trinajstić information content (AvgIpc) is 3.03. The first-order valence-corrected chi connectivity index (χ1v) is 14.8. The molecular weight excluding hydrogens is 569 g/mol. The Hall–Kier alpha value is -4.25. The summed E-state index contributed by atoms with van der Waals surface area (Å²) in [6.07, 6.45) is 1.09. The number of para-hydroxylation sites is 1. The van der Waals surface area contributed by atoms with E-state index < -0.39 is 51.1 Å². The molecule has 1 unspecified atom stereocenters. The molecule has 3 aromatic carbocycles.